The van der Waals surface area contributed by atoms with Gasteiger partial charge >= 0.3 is 6.36 Å². The molecule has 1 aromatic rings. The van der Waals surface area contributed by atoms with Crippen molar-refractivity contribution in [1.29, 1.82) is 5.26 Å². The molecule has 86 valence electrons. The molecule has 0 aliphatic carbocycles. The first-order valence-electron chi connectivity index (χ1n) is 4.71. The number of alkyl halides is 3. The van der Waals surface area contributed by atoms with Crippen LogP contribution in [0.5, 0.6) is 5.75 Å². The molecule has 0 aliphatic rings. The molecule has 0 radical (unpaired) electrons. The van der Waals surface area contributed by atoms with Gasteiger partial charge in [-0.1, -0.05) is 19.1 Å². The van der Waals surface area contributed by atoms with Crippen molar-refractivity contribution in [3.05, 3.63) is 29.3 Å². The minimum absolute atomic E-state index is 0.0879. The van der Waals surface area contributed by atoms with E-state index in [2.05, 4.69) is 4.74 Å². The Bertz CT molecular complexity index is 407. The van der Waals surface area contributed by atoms with E-state index in [0.717, 1.165) is 0 Å². The first-order valence-corrected chi connectivity index (χ1v) is 4.71. The van der Waals surface area contributed by atoms with Crippen molar-refractivity contribution in [2.45, 2.75) is 26.1 Å². The minimum atomic E-state index is -4.73. The van der Waals surface area contributed by atoms with Crippen LogP contribution in [0.2, 0.25) is 0 Å². The Morgan fingerprint density at radius 2 is 2.06 bits per heavy atom. The predicted molar refractivity (Wildman–Crippen MR) is 51.8 cm³/mol. The summed E-state index contributed by atoms with van der Waals surface area (Å²) in [5.41, 5.74) is 1.01. The first kappa shape index (κ1) is 12.4. The first-order chi connectivity index (χ1) is 7.48. The summed E-state index contributed by atoms with van der Waals surface area (Å²) in [5, 5.41) is 8.58. The smallest absolute Gasteiger partial charge is 0.405 e. The predicted octanol–water partition coefficient (Wildman–Crippen LogP) is 3.21. The number of rotatable bonds is 3. The van der Waals surface area contributed by atoms with E-state index in [0.29, 0.717) is 17.5 Å². The molecule has 1 aromatic carbocycles. The van der Waals surface area contributed by atoms with Gasteiger partial charge in [-0.2, -0.15) is 5.26 Å². The monoisotopic (exact) mass is 229 g/mol. The van der Waals surface area contributed by atoms with Crippen molar-refractivity contribution in [2.24, 2.45) is 0 Å². The number of nitrogens with zero attached hydrogens (tertiary/aromatic N) is 1. The molecule has 5 heteroatoms. The molecule has 0 fully saturated rings. The number of halogens is 3. The third kappa shape index (κ3) is 3.16. The highest BCUT2D eigenvalue weighted by molar-refractivity contribution is 5.42. The molecule has 0 aromatic heterocycles. The molecule has 0 spiro atoms. The molecule has 0 atom stereocenters. The molecule has 0 unspecified atom stereocenters. The summed E-state index contributed by atoms with van der Waals surface area (Å²) >= 11 is 0. The van der Waals surface area contributed by atoms with Crippen LogP contribution < -0.4 is 4.74 Å². The van der Waals surface area contributed by atoms with E-state index in [1.807, 2.05) is 13.0 Å². The Balaban J connectivity index is 3.12. The fourth-order valence-electron chi connectivity index (χ4n) is 1.44. The number of benzene rings is 1. The lowest BCUT2D eigenvalue weighted by Crippen LogP contribution is -2.18. The maximum absolute atomic E-state index is 12.1. The maximum atomic E-state index is 12.1. The summed E-state index contributed by atoms with van der Waals surface area (Å²) in [6, 6.07) is 6.24. The van der Waals surface area contributed by atoms with Crippen LogP contribution in [0.15, 0.2) is 18.2 Å². The van der Waals surface area contributed by atoms with Gasteiger partial charge in [-0.05, 0) is 18.1 Å². The minimum Gasteiger partial charge on any atom is -0.405 e. The maximum Gasteiger partial charge on any atom is 0.573 e. The number of aryl methyl sites for hydroxylation is 1. The van der Waals surface area contributed by atoms with Crippen LogP contribution in [0.1, 0.15) is 18.1 Å². The van der Waals surface area contributed by atoms with Crippen molar-refractivity contribution in [3.8, 4) is 11.8 Å². The summed E-state index contributed by atoms with van der Waals surface area (Å²) in [7, 11) is 0. The van der Waals surface area contributed by atoms with E-state index in [1.165, 1.54) is 12.1 Å². The van der Waals surface area contributed by atoms with Crippen LogP contribution in [-0.4, -0.2) is 6.36 Å². The normalized spacial score (nSPS) is 10.9. The highest BCUT2D eigenvalue weighted by Gasteiger charge is 2.32. The van der Waals surface area contributed by atoms with Crippen LogP contribution in [0.4, 0.5) is 13.2 Å². The van der Waals surface area contributed by atoms with Gasteiger partial charge in [0.2, 0.25) is 0 Å². The third-order valence-electron chi connectivity index (χ3n) is 2.09. The second-order valence-electron chi connectivity index (χ2n) is 3.13. The topological polar surface area (TPSA) is 33.0 Å². The van der Waals surface area contributed by atoms with E-state index in [4.69, 9.17) is 5.26 Å². The van der Waals surface area contributed by atoms with E-state index >= 15 is 0 Å². The van der Waals surface area contributed by atoms with E-state index in [-0.39, 0.29) is 12.2 Å². The molecule has 0 aliphatic heterocycles. The van der Waals surface area contributed by atoms with Crippen molar-refractivity contribution in [2.75, 3.05) is 0 Å². The molecule has 2 nitrogen and oxygen atoms in total. The van der Waals surface area contributed by atoms with Gasteiger partial charge < -0.3 is 4.74 Å². The average molecular weight is 229 g/mol. The lowest BCUT2D eigenvalue weighted by Gasteiger charge is -2.14. The van der Waals surface area contributed by atoms with Crippen LogP contribution in [-0.2, 0) is 12.8 Å². The van der Waals surface area contributed by atoms with Crippen molar-refractivity contribution in [1.82, 2.24) is 0 Å². The number of hydrogen-bond donors (Lipinski definition) is 0. The van der Waals surface area contributed by atoms with Crippen molar-refractivity contribution < 1.29 is 17.9 Å². The molecule has 0 amide bonds. The zero-order valence-electron chi connectivity index (χ0n) is 8.64. The highest BCUT2D eigenvalue weighted by atomic mass is 19.4. The molecule has 0 heterocycles. The lowest BCUT2D eigenvalue weighted by atomic mass is 10.0. The molecule has 0 N–H and O–H groups in total. The summed E-state index contributed by atoms with van der Waals surface area (Å²) in [5.74, 6) is -0.284. The SMILES string of the molecule is CCc1cccc(OC(F)(F)F)c1CC#N. The Morgan fingerprint density at radius 1 is 1.38 bits per heavy atom. The molecular formula is C11H10F3NO. The summed E-state index contributed by atoms with van der Waals surface area (Å²) in [6.07, 6.45) is -4.25. The fraction of sp³-hybridized carbons (Fsp3) is 0.364. The summed E-state index contributed by atoms with van der Waals surface area (Å²) < 4.78 is 40.2. The summed E-state index contributed by atoms with van der Waals surface area (Å²) in [4.78, 5) is 0. The molecule has 0 bridgehead atoms. The highest BCUT2D eigenvalue weighted by Crippen LogP contribution is 2.29. The molecule has 0 saturated heterocycles. The van der Waals surface area contributed by atoms with E-state index in [1.54, 1.807) is 6.07 Å². The summed E-state index contributed by atoms with van der Waals surface area (Å²) in [6.45, 7) is 1.81. The number of ether oxygens (including phenoxy) is 1. The second-order valence-corrected chi connectivity index (χ2v) is 3.13. The van der Waals surface area contributed by atoms with Gasteiger partial charge in [-0.25, -0.2) is 0 Å². The Labute approximate surface area is 91.3 Å². The van der Waals surface area contributed by atoms with E-state index in [9.17, 15) is 13.2 Å². The van der Waals surface area contributed by atoms with Crippen molar-refractivity contribution >= 4 is 0 Å². The van der Waals surface area contributed by atoms with Gasteiger partial charge in [0.15, 0.2) is 0 Å². The van der Waals surface area contributed by atoms with Crippen LogP contribution >= 0.6 is 0 Å². The van der Waals surface area contributed by atoms with Gasteiger partial charge in [0.1, 0.15) is 5.75 Å². The third-order valence-corrected chi connectivity index (χ3v) is 2.09. The molecular weight excluding hydrogens is 219 g/mol. The van der Waals surface area contributed by atoms with Crippen LogP contribution in [0.3, 0.4) is 0 Å². The largest absolute Gasteiger partial charge is 0.573 e. The molecule has 16 heavy (non-hydrogen) atoms. The Morgan fingerprint density at radius 3 is 2.56 bits per heavy atom. The van der Waals surface area contributed by atoms with Gasteiger partial charge in [-0.15, -0.1) is 13.2 Å². The Hall–Kier alpha value is -1.70. The van der Waals surface area contributed by atoms with E-state index < -0.39 is 6.36 Å². The number of hydrogen-bond acceptors (Lipinski definition) is 2. The van der Waals surface area contributed by atoms with Gasteiger partial charge in [-0.3, -0.25) is 0 Å². The average Bonchev–Trinajstić information content (AvgIpc) is 2.18. The van der Waals surface area contributed by atoms with Crippen LogP contribution in [0, 0.1) is 11.3 Å². The lowest BCUT2D eigenvalue weighted by molar-refractivity contribution is -0.274. The standard InChI is InChI=1S/C11H10F3NO/c1-2-8-4-3-5-10(9(8)6-7-15)16-11(12,13)14/h3-5H,2,6H2,1H3. The van der Waals surface area contributed by atoms with Gasteiger partial charge in [0.05, 0.1) is 12.5 Å². The zero-order chi connectivity index (χ0) is 12.2. The molecule has 0 saturated carbocycles. The second kappa shape index (κ2) is 4.88. The molecule has 1 rings (SSSR count). The van der Waals surface area contributed by atoms with Crippen molar-refractivity contribution in [3.63, 3.8) is 0 Å². The zero-order valence-corrected chi connectivity index (χ0v) is 8.64. The van der Waals surface area contributed by atoms with Gasteiger partial charge in [0.25, 0.3) is 0 Å². The Kier molecular flexibility index (Phi) is 3.78. The number of nitriles is 1. The van der Waals surface area contributed by atoms with Gasteiger partial charge in [0, 0.05) is 5.56 Å². The quantitative estimate of drug-likeness (QED) is 0.797. The van der Waals surface area contributed by atoms with Crippen LogP contribution in [0.25, 0.3) is 0 Å². The fourth-order valence-corrected chi connectivity index (χ4v) is 1.44.